The fraction of sp³-hybridized carbons (Fsp3) is 0.154. The summed E-state index contributed by atoms with van der Waals surface area (Å²) in [5.41, 5.74) is 8.76. The zero-order valence-electron chi connectivity index (χ0n) is 18.5. The smallest absolute Gasteiger partial charge is 0.349 e. The SMILES string of the molecule is COc1ccc(C2C(C#N)=C(N)Oc3cc(OC(=O)COc4ccc(Cl)c(C)c4)ccc32)cc1. The molecular formula is C26H21ClN2O5. The predicted octanol–water partition coefficient (Wildman–Crippen LogP) is 4.86. The average molecular weight is 477 g/mol. The number of rotatable bonds is 6. The van der Waals surface area contributed by atoms with E-state index in [-0.39, 0.29) is 18.2 Å². The van der Waals surface area contributed by atoms with Gasteiger partial charge in [-0.05, 0) is 54.4 Å². The summed E-state index contributed by atoms with van der Waals surface area (Å²) >= 11 is 6.01. The topological polar surface area (TPSA) is 104 Å². The van der Waals surface area contributed by atoms with Crippen molar-refractivity contribution in [1.82, 2.24) is 0 Å². The van der Waals surface area contributed by atoms with Gasteiger partial charge in [-0.2, -0.15) is 5.26 Å². The van der Waals surface area contributed by atoms with Crippen molar-refractivity contribution in [3.8, 4) is 29.1 Å². The monoisotopic (exact) mass is 476 g/mol. The zero-order valence-corrected chi connectivity index (χ0v) is 19.3. The number of nitrogens with zero attached hydrogens (tertiary/aromatic N) is 1. The van der Waals surface area contributed by atoms with Gasteiger partial charge in [-0.15, -0.1) is 0 Å². The van der Waals surface area contributed by atoms with Gasteiger partial charge < -0.3 is 24.7 Å². The minimum atomic E-state index is -0.587. The van der Waals surface area contributed by atoms with E-state index in [4.69, 9.17) is 36.3 Å². The second-order valence-corrected chi connectivity index (χ2v) is 7.98. The average Bonchev–Trinajstić information content (AvgIpc) is 2.84. The first-order valence-corrected chi connectivity index (χ1v) is 10.7. The molecule has 0 aliphatic carbocycles. The number of aryl methyl sites for hydroxylation is 1. The largest absolute Gasteiger partial charge is 0.497 e. The molecule has 1 unspecified atom stereocenters. The van der Waals surface area contributed by atoms with Crippen LogP contribution in [0.3, 0.4) is 0 Å². The summed E-state index contributed by atoms with van der Waals surface area (Å²) in [5.74, 6) is 0.859. The number of carbonyl (C=O) groups excluding carboxylic acids is 1. The van der Waals surface area contributed by atoms with E-state index in [0.717, 1.165) is 16.7 Å². The van der Waals surface area contributed by atoms with Gasteiger partial charge in [0.25, 0.3) is 0 Å². The van der Waals surface area contributed by atoms with Crippen LogP contribution in [-0.4, -0.2) is 19.7 Å². The molecule has 2 N–H and O–H groups in total. The second kappa shape index (κ2) is 9.77. The molecule has 7 nitrogen and oxygen atoms in total. The number of fused-ring (bicyclic) bond motifs is 1. The van der Waals surface area contributed by atoms with E-state index in [2.05, 4.69) is 6.07 Å². The normalized spacial score (nSPS) is 14.5. The maximum atomic E-state index is 12.3. The summed E-state index contributed by atoms with van der Waals surface area (Å²) < 4.78 is 21.8. The van der Waals surface area contributed by atoms with E-state index in [1.807, 2.05) is 31.2 Å². The Kier molecular flexibility index (Phi) is 6.62. The van der Waals surface area contributed by atoms with Crippen molar-refractivity contribution in [2.45, 2.75) is 12.8 Å². The third kappa shape index (κ3) is 4.77. The molecule has 0 spiro atoms. The molecule has 3 aromatic rings. The highest BCUT2D eigenvalue weighted by atomic mass is 35.5. The van der Waals surface area contributed by atoms with Gasteiger partial charge in [0.05, 0.1) is 13.0 Å². The van der Waals surface area contributed by atoms with Crippen LogP contribution in [0.25, 0.3) is 0 Å². The molecule has 0 saturated carbocycles. The number of nitrogens with two attached hydrogens (primary N) is 1. The number of hydrogen-bond donors (Lipinski definition) is 1. The first-order chi connectivity index (χ1) is 16.4. The summed E-state index contributed by atoms with van der Waals surface area (Å²) in [6, 6.07) is 19.6. The van der Waals surface area contributed by atoms with Crippen LogP contribution in [0.4, 0.5) is 0 Å². The standard InChI is InChI=1S/C26H21ClN2O5/c1-15-11-18(8-10-22(15)27)32-14-24(30)33-19-7-9-20-23(12-19)34-26(29)21(13-28)25(20)16-3-5-17(31-2)6-4-16/h3-12,25H,14,29H2,1-2H3. The Hall–Kier alpha value is -4.15. The Morgan fingerprint density at radius 3 is 2.47 bits per heavy atom. The molecule has 0 bridgehead atoms. The number of allylic oxidation sites excluding steroid dienone is 1. The van der Waals surface area contributed by atoms with Gasteiger partial charge in [0.2, 0.25) is 5.88 Å². The molecule has 3 aromatic carbocycles. The Morgan fingerprint density at radius 1 is 1.09 bits per heavy atom. The fourth-order valence-electron chi connectivity index (χ4n) is 3.65. The molecule has 8 heteroatoms. The Morgan fingerprint density at radius 2 is 1.79 bits per heavy atom. The van der Waals surface area contributed by atoms with Crippen LogP contribution < -0.4 is 24.7 Å². The lowest BCUT2D eigenvalue weighted by atomic mass is 9.83. The molecule has 4 rings (SSSR count). The summed E-state index contributed by atoms with van der Waals surface area (Å²) in [4.78, 5) is 12.3. The molecule has 0 fully saturated rings. The summed E-state index contributed by atoms with van der Waals surface area (Å²) in [5, 5.41) is 10.3. The van der Waals surface area contributed by atoms with Crippen molar-refractivity contribution in [1.29, 1.82) is 5.26 Å². The van der Waals surface area contributed by atoms with Gasteiger partial charge in [0.1, 0.15) is 34.6 Å². The van der Waals surface area contributed by atoms with Gasteiger partial charge >= 0.3 is 5.97 Å². The number of nitriles is 1. The van der Waals surface area contributed by atoms with E-state index < -0.39 is 11.9 Å². The maximum absolute atomic E-state index is 12.3. The van der Waals surface area contributed by atoms with E-state index in [1.54, 1.807) is 43.5 Å². The van der Waals surface area contributed by atoms with E-state index in [9.17, 15) is 10.1 Å². The van der Waals surface area contributed by atoms with E-state index in [0.29, 0.717) is 27.8 Å². The summed E-state index contributed by atoms with van der Waals surface area (Å²) in [6.07, 6.45) is 0. The van der Waals surface area contributed by atoms with Gasteiger partial charge in [-0.3, -0.25) is 0 Å². The Bertz CT molecular complexity index is 1310. The Labute approximate surface area is 201 Å². The van der Waals surface area contributed by atoms with Crippen LogP contribution in [0.2, 0.25) is 5.02 Å². The van der Waals surface area contributed by atoms with Crippen LogP contribution >= 0.6 is 11.6 Å². The highest BCUT2D eigenvalue weighted by Gasteiger charge is 2.31. The molecule has 0 aromatic heterocycles. The first-order valence-electron chi connectivity index (χ1n) is 10.3. The molecule has 0 amide bonds. The molecule has 0 radical (unpaired) electrons. The quantitative estimate of drug-likeness (QED) is 0.400. The number of ether oxygens (including phenoxy) is 4. The van der Waals surface area contributed by atoms with Crippen molar-refractivity contribution in [3.63, 3.8) is 0 Å². The highest BCUT2D eigenvalue weighted by molar-refractivity contribution is 6.31. The van der Waals surface area contributed by atoms with Crippen molar-refractivity contribution < 1.29 is 23.7 Å². The molecular weight excluding hydrogens is 456 g/mol. The molecule has 34 heavy (non-hydrogen) atoms. The molecule has 1 aliphatic rings. The molecule has 0 saturated heterocycles. The molecule has 1 aliphatic heterocycles. The number of benzene rings is 3. The van der Waals surface area contributed by atoms with Crippen LogP contribution in [-0.2, 0) is 4.79 Å². The molecule has 1 heterocycles. The van der Waals surface area contributed by atoms with E-state index >= 15 is 0 Å². The van der Waals surface area contributed by atoms with Crippen molar-refractivity contribution in [3.05, 3.63) is 93.8 Å². The van der Waals surface area contributed by atoms with Crippen LogP contribution in [0, 0.1) is 18.3 Å². The minimum absolute atomic E-state index is 0.000682. The van der Waals surface area contributed by atoms with Crippen molar-refractivity contribution >= 4 is 17.6 Å². The molecule has 1 atom stereocenters. The summed E-state index contributed by atoms with van der Waals surface area (Å²) in [7, 11) is 1.59. The lowest BCUT2D eigenvalue weighted by Gasteiger charge is -2.26. The van der Waals surface area contributed by atoms with Crippen molar-refractivity contribution in [2.24, 2.45) is 5.73 Å². The molecule has 172 valence electrons. The number of hydrogen-bond acceptors (Lipinski definition) is 7. The van der Waals surface area contributed by atoms with Crippen LogP contribution in [0.5, 0.6) is 23.0 Å². The maximum Gasteiger partial charge on any atom is 0.349 e. The third-order valence-electron chi connectivity index (χ3n) is 5.36. The van der Waals surface area contributed by atoms with Gasteiger partial charge in [0.15, 0.2) is 6.61 Å². The van der Waals surface area contributed by atoms with E-state index in [1.165, 1.54) is 0 Å². The van der Waals surface area contributed by atoms with Gasteiger partial charge in [-0.25, -0.2) is 4.79 Å². The predicted molar refractivity (Wildman–Crippen MR) is 126 cm³/mol. The Balaban J connectivity index is 1.53. The fourth-order valence-corrected chi connectivity index (χ4v) is 3.77. The number of methoxy groups -OCH3 is 1. The lowest BCUT2D eigenvalue weighted by molar-refractivity contribution is -0.136. The number of esters is 1. The van der Waals surface area contributed by atoms with Crippen molar-refractivity contribution in [2.75, 3.05) is 13.7 Å². The number of carbonyl (C=O) groups is 1. The third-order valence-corrected chi connectivity index (χ3v) is 5.78. The zero-order chi connectivity index (χ0) is 24.2. The second-order valence-electron chi connectivity index (χ2n) is 7.57. The van der Waals surface area contributed by atoms with Gasteiger partial charge in [0, 0.05) is 16.7 Å². The summed E-state index contributed by atoms with van der Waals surface area (Å²) in [6.45, 7) is 1.56. The van der Waals surface area contributed by atoms with Gasteiger partial charge in [-0.1, -0.05) is 29.8 Å². The highest BCUT2D eigenvalue weighted by Crippen LogP contribution is 2.43. The lowest BCUT2D eigenvalue weighted by Crippen LogP contribution is -2.21. The first kappa shape index (κ1) is 23.0. The van der Waals surface area contributed by atoms with Crippen LogP contribution in [0.15, 0.2) is 72.1 Å². The minimum Gasteiger partial charge on any atom is -0.497 e. The number of halogens is 1. The van der Waals surface area contributed by atoms with Crippen LogP contribution in [0.1, 0.15) is 22.6 Å².